The molecule has 0 bridgehead atoms. The van der Waals surface area contributed by atoms with Crippen LogP contribution in [0.3, 0.4) is 0 Å². The van der Waals surface area contributed by atoms with Crippen LogP contribution in [0.1, 0.15) is 47.1 Å². The van der Waals surface area contributed by atoms with Gasteiger partial charge in [-0.15, -0.1) is 0 Å². The number of rotatable bonds is 0. The van der Waals surface area contributed by atoms with Crippen molar-refractivity contribution in [3.63, 3.8) is 0 Å². The zero-order valence-electron chi connectivity index (χ0n) is 14.4. The standard InChI is InChI=1S/C10H18O5.C7H8/c1-9(2,3)14-7(11)13-8(12)15-10(4,5)6;1-7-5-3-2-4-6-7/h1-6H3;2-6H,1H3. The summed E-state index contributed by atoms with van der Waals surface area (Å²) in [5, 5.41) is 0. The maximum absolute atomic E-state index is 11.0. The van der Waals surface area contributed by atoms with Crippen molar-refractivity contribution in [2.24, 2.45) is 0 Å². The molecule has 22 heavy (non-hydrogen) atoms. The monoisotopic (exact) mass is 310 g/mol. The molecule has 1 aromatic rings. The molecule has 0 spiro atoms. The highest BCUT2D eigenvalue weighted by Gasteiger charge is 2.24. The molecule has 124 valence electrons. The largest absolute Gasteiger partial charge is 0.519 e. The molecule has 0 radical (unpaired) electrons. The molecular weight excluding hydrogens is 284 g/mol. The molecule has 0 atom stereocenters. The molecule has 0 fully saturated rings. The molecule has 0 N–H and O–H groups in total. The van der Waals surface area contributed by atoms with Gasteiger partial charge in [-0.3, -0.25) is 0 Å². The topological polar surface area (TPSA) is 61.8 Å². The van der Waals surface area contributed by atoms with Gasteiger partial charge in [-0.25, -0.2) is 9.59 Å². The van der Waals surface area contributed by atoms with Crippen LogP contribution in [0, 0.1) is 6.92 Å². The van der Waals surface area contributed by atoms with Gasteiger partial charge >= 0.3 is 12.3 Å². The Hall–Kier alpha value is -2.04. The minimum atomic E-state index is -1.06. The Morgan fingerprint density at radius 2 is 1.14 bits per heavy atom. The molecule has 0 aliphatic rings. The van der Waals surface area contributed by atoms with Gasteiger partial charge in [0, 0.05) is 0 Å². The third-order valence-electron chi connectivity index (χ3n) is 1.89. The summed E-state index contributed by atoms with van der Waals surface area (Å²) in [6.07, 6.45) is -2.12. The van der Waals surface area contributed by atoms with Crippen molar-refractivity contribution in [2.45, 2.75) is 59.7 Å². The highest BCUT2D eigenvalue weighted by Crippen LogP contribution is 2.11. The van der Waals surface area contributed by atoms with Crippen LogP contribution in [0.4, 0.5) is 9.59 Å². The smallest absolute Gasteiger partial charge is 0.428 e. The summed E-state index contributed by atoms with van der Waals surface area (Å²) >= 11 is 0. The lowest BCUT2D eigenvalue weighted by atomic mass is 10.2. The number of benzene rings is 1. The summed E-state index contributed by atoms with van der Waals surface area (Å²) < 4.78 is 13.8. The minimum absolute atomic E-state index is 0.695. The van der Waals surface area contributed by atoms with E-state index in [1.807, 2.05) is 18.2 Å². The lowest BCUT2D eigenvalue weighted by Gasteiger charge is -2.20. The van der Waals surface area contributed by atoms with Gasteiger partial charge in [-0.1, -0.05) is 35.9 Å². The SMILES string of the molecule is CC(C)(C)OC(=O)OC(=O)OC(C)(C)C.Cc1ccccc1. The maximum Gasteiger partial charge on any atom is 0.519 e. The number of carbonyl (C=O) groups excluding carboxylic acids is 2. The van der Waals surface area contributed by atoms with E-state index in [-0.39, 0.29) is 0 Å². The average molecular weight is 310 g/mol. The number of aryl methyl sites for hydroxylation is 1. The van der Waals surface area contributed by atoms with E-state index in [4.69, 9.17) is 9.47 Å². The molecule has 1 rings (SSSR count). The molecule has 0 aliphatic heterocycles. The summed E-state index contributed by atoms with van der Waals surface area (Å²) in [6.45, 7) is 12.1. The average Bonchev–Trinajstić information content (AvgIpc) is 2.24. The Balaban J connectivity index is 0.000000518. The van der Waals surface area contributed by atoms with E-state index in [0.29, 0.717) is 0 Å². The van der Waals surface area contributed by atoms with Gasteiger partial charge in [-0.05, 0) is 48.5 Å². The lowest BCUT2D eigenvalue weighted by molar-refractivity contribution is -0.0293. The van der Waals surface area contributed by atoms with E-state index in [2.05, 4.69) is 23.8 Å². The minimum Gasteiger partial charge on any atom is -0.428 e. The first-order chi connectivity index (χ1) is 9.89. The van der Waals surface area contributed by atoms with Crippen molar-refractivity contribution in [2.75, 3.05) is 0 Å². The fourth-order valence-electron chi connectivity index (χ4n) is 1.14. The molecule has 0 unspecified atom stereocenters. The summed E-state index contributed by atoms with van der Waals surface area (Å²) in [5.41, 5.74) is -0.0689. The Labute approximate surface area is 132 Å². The molecule has 5 heteroatoms. The molecular formula is C17H26O5. The van der Waals surface area contributed by atoms with Gasteiger partial charge in [0.05, 0.1) is 0 Å². The van der Waals surface area contributed by atoms with Crippen molar-refractivity contribution < 1.29 is 23.8 Å². The van der Waals surface area contributed by atoms with Crippen LogP contribution in [-0.2, 0) is 14.2 Å². The normalized spacial score (nSPS) is 10.9. The maximum atomic E-state index is 11.0. The van der Waals surface area contributed by atoms with Crippen molar-refractivity contribution >= 4 is 12.3 Å². The molecule has 0 aromatic heterocycles. The Morgan fingerprint density at radius 1 is 0.773 bits per heavy atom. The highest BCUT2D eigenvalue weighted by molar-refractivity contribution is 5.77. The molecule has 0 saturated heterocycles. The molecule has 1 aromatic carbocycles. The van der Waals surface area contributed by atoms with Gasteiger partial charge in [0.25, 0.3) is 0 Å². The van der Waals surface area contributed by atoms with Gasteiger partial charge in [0.15, 0.2) is 0 Å². The van der Waals surface area contributed by atoms with Gasteiger partial charge in [-0.2, -0.15) is 0 Å². The second kappa shape index (κ2) is 8.41. The Kier molecular flexibility index (Phi) is 7.63. The predicted molar refractivity (Wildman–Crippen MR) is 84.7 cm³/mol. The summed E-state index contributed by atoms with van der Waals surface area (Å²) in [4.78, 5) is 22.0. The number of hydrogen-bond acceptors (Lipinski definition) is 5. The van der Waals surface area contributed by atoms with E-state index >= 15 is 0 Å². The van der Waals surface area contributed by atoms with Crippen LogP contribution in [0.15, 0.2) is 30.3 Å². The van der Waals surface area contributed by atoms with Crippen LogP contribution < -0.4 is 0 Å². The highest BCUT2D eigenvalue weighted by atomic mass is 16.8. The zero-order valence-corrected chi connectivity index (χ0v) is 14.4. The lowest BCUT2D eigenvalue weighted by Crippen LogP contribution is -2.29. The molecule has 0 aliphatic carbocycles. The Morgan fingerprint density at radius 3 is 1.36 bits per heavy atom. The number of hydrogen-bond donors (Lipinski definition) is 0. The van der Waals surface area contributed by atoms with Gasteiger partial charge in [0.2, 0.25) is 0 Å². The van der Waals surface area contributed by atoms with Crippen molar-refractivity contribution in [3.8, 4) is 0 Å². The van der Waals surface area contributed by atoms with Crippen molar-refractivity contribution in [3.05, 3.63) is 35.9 Å². The fourth-order valence-corrected chi connectivity index (χ4v) is 1.14. The second-order valence-corrected chi connectivity index (χ2v) is 6.69. The molecule has 0 amide bonds. The zero-order chi connectivity index (χ0) is 17.4. The van der Waals surface area contributed by atoms with Gasteiger partial charge in [0.1, 0.15) is 11.2 Å². The van der Waals surface area contributed by atoms with Crippen LogP contribution in [0.2, 0.25) is 0 Å². The third kappa shape index (κ3) is 13.0. The van der Waals surface area contributed by atoms with E-state index in [0.717, 1.165) is 0 Å². The Bertz CT molecular complexity index is 440. The van der Waals surface area contributed by atoms with E-state index < -0.39 is 23.5 Å². The second-order valence-electron chi connectivity index (χ2n) is 6.69. The van der Waals surface area contributed by atoms with Crippen LogP contribution in [0.5, 0.6) is 0 Å². The first-order valence-electron chi connectivity index (χ1n) is 7.04. The number of ether oxygens (including phenoxy) is 3. The third-order valence-corrected chi connectivity index (χ3v) is 1.89. The van der Waals surface area contributed by atoms with E-state index in [1.165, 1.54) is 5.56 Å². The van der Waals surface area contributed by atoms with E-state index in [9.17, 15) is 9.59 Å². The van der Waals surface area contributed by atoms with Crippen LogP contribution in [-0.4, -0.2) is 23.5 Å². The van der Waals surface area contributed by atoms with Crippen molar-refractivity contribution in [1.29, 1.82) is 0 Å². The molecule has 0 saturated carbocycles. The van der Waals surface area contributed by atoms with Crippen LogP contribution >= 0.6 is 0 Å². The summed E-state index contributed by atoms with van der Waals surface area (Å²) in [6, 6.07) is 10.3. The van der Waals surface area contributed by atoms with Crippen LogP contribution in [0.25, 0.3) is 0 Å². The van der Waals surface area contributed by atoms with Crippen molar-refractivity contribution in [1.82, 2.24) is 0 Å². The molecule has 0 heterocycles. The van der Waals surface area contributed by atoms with Gasteiger partial charge < -0.3 is 14.2 Å². The quantitative estimate of drug-likeness (QED) is 0.505. The summed E-state index contributed by atoms with van der Waals surface area (Å²) in [5.74, 6) is 0. The summed E-state index contributed by atoms with van der Waals surface area (Å²) in [7, 11) is 0. The first kappa shape index (κ1) is 20.0. The van der Waals surface area contributed by atoms with E-state index in [1.54, 1.807) is 41.5 Å². The first-order valence-corrected chi connectivity index (χ1v) is 7.04. The number of carbonyl (C=O) groups is 2. The fraction of sp³-hybridized carbons (Fsp3) is 0.529. The predicted octanol–water partition coefficient (Wildman–Crippen LogP) is 4.87. The molecule has 5 nitrogen and oxygen atoms in total.